The van der Waals surface area contributed by atoms with E-state index in [1.54, 1.807) is 45.0 Å². The minimum atomic E-state index is -0.692. The summed E-state index contributed by atoms with van der Waals surface area (Å²) in [7, 11) is 0. The highest BCUT2D eigenvalue weighted by molar-refractivity contribution is 5.71. The molecule has 0 aliphatic carbocycles. The Morgan fingerprint density at radius 3 is 2.54 bits per heavy atom. The molecule has 218 valence electrons. The van der Waals surface area contributed by atoms with Gasteiger partial charge in [0.05, 0.1) is 19.4 Å². The number of hydrogen-bond acceptors (Lipinski definition) is 9. The smallest absolute Gasteiger partial charge is 0.326 e. The topological polar surface area (TPSA) is 121 Å². The normalized spacial score (nSPS) is 21.9. The summed E-state index contributed by atoms with van der Waals surface area (Å²) in [5, 5.41) is 13.2. The van der Waals surface area contributed by atoms with Crippen LogP contribution in [0.2, 0.25) is 0 Å². The lowest BCUT2D eigenvalue weighted by molar-refractivity contribution is -0.155. The number of aryl methyl sites for hydroxylation is 1. The Kier molecular flexibility index (Phi) is 8.72. The first-order valence-electron chi connectivity index (χ1n) is 14.0. The highest BCUT2D eigenvalue weighted by atomic mass is 16.6. The Hall–Kier alpha value is -3.73. The van der Waals surface area contributed by atoms with Gasteiger partial charge in [-0.3, -0.25) is 14.2 Å². The van der Waals surface area contributed by atoms with Gasteiger partial charge in [-0.15, -0.1) is 0 Å². The van der Waals surface area contributed by atoms with Crippen LogP contribution in [0.4, 0.5) is 5.69 Å². The maximum absolute atomic E-state index is 13.5. The van der Waals surface area contributed by atoms with Crippen molar-refractivity contribution in [1.29, 1.82) is 0 Å². The molecule has 2 aromatic carbocycles. The lowest BCUT2D eigenvalue weighted by Crippen LogP contribution is -2.34. The van der Waals surface area contributed by atoms with Crippen LogP contribution in [0.5, 0.6) is 5.75 Å². The van der Waals surface area contributed by atoms with Crippen molar-refractivity contribution >= 4 is 11.7 Å². The molecule has 41 heavy (non-hydrogen) atoms. The molecule has 0 radical (unpaired) electrons. The Morgan fingerprint density at radius 2 is 1.80 bits per heavy atom. The van der Waals surface area contributed by atoms with Crippen molar-refractivity contribution in [2.45, 2.75) is 70.2 Å². The highest BCUT2D eigenvalue weighted by Crippen LogP contribution is 2.30. The molecule has 2 aliphatic rings. The van der Waals surface area contributed by atoms with Crippen LogP contribution in [-0.2, 0) is 32.0 Å². The number of ether oxygens (including phenoxy) is 4. The quantitative estimate of drug-likeness (QED) is 0.283. The number of carbonyl (C=O) groups is 1. The molecule has 5 rings (SSSR count). The number of rotatable bonds is 10. The van der Waals surface area contributed by atoms with E-state index in [4.69, 9.17) is 18.9 Å². The van der Waals surface area contributed by atoms with E-state index in [0.29, 0.717) is 36.0 Å². The largest absolute Gasteiger partial charge is 0.485 e. The van der Waals surface area contributed by atoms with Gasteiger partial charge in [-0.2, -0.15) is 0 Å². The predicted octanol–water partition coefficient (Wildman–Crippen LogP) is 3.20. The fraction of sp³-hybridized carbons (Fsp3) is 0.452. The van der Waals surface area contributed by atoms with Gasteiger partial charge in [0.1, 0.15) is 47.7 Å². The van der Waals surface area contributed by atoms with Gasteiger partial charge in [0, 0.05) is 12.1 Å². The second kappa shape index (κ2) is 12.4. The molecule has 0 bridgehead atoms. The first kappa shape index (κ1) is 28.8. The number of anilines is 1. The maximum atomic E-state index is 13.5. The van der Waals surface area contributed by atoms with Crippen molar-refractivity contribution < 1.29 is 28.8 Å². The molecule has 1 aromatic heterocycles. The molecule has 3 aromatic rings. The van der Waals surface area contributed by atoms with Crippen LogP contribution in [0.1, 0.15) is 32.8 Å². The van der Waals surface area contributed by atoms with Gasteiger partial charge in [-0.25, -0.2) is 4.98 Å². The summed E-state index contributed by atoms with van der Waals surface area (Å²) in [6, 6.07) is 17.3. The third-order valence-electron chi connectivity index (χ3n) is 6.94. The van der Waals surface area contributed by atoms with Crippen LogP contribution in [0.25, 0.3) is 11.4 Å². The molecule has 0 amide bonds. The van der Waals surface area contributed by atoms with Crippen molar-refractivity contribution in [2.75, 3.05) is 25.1 Å². The first-order valence-corrected chi connectivity index (χ1v) is 14.0. The lowest BCUT2D eigenvalue weighted by Gasteiger charge is -2.21. The second-order valence-electron chi connectivity index (χ2n) is 11.3. The van der Waals surface area contributed by atoms with Crippen molar-refractivity contribution in [3.8, 4) is 17.1 Å². The fourth-order valence-corrected chi connectivity index (χ4v) is 5.06. The van der Waals surface area contributed by atoms with Crippen molar-refractivity contribution in [1.82, 2.24) is 9.55 Å². The Balaban J connectivity index is 1.32. The molecule has 0 saturated carbocycles. The van der Waals surface area contributed by atoms with Crippen LogP contribution < -0.4 is 15.6 Å². The molecule has 2 N–H and O–H groups in total. The summed E-state index contributed by atoms with van der Waals surface area (Å²) in [6.45, 7) is 6.20. The Bertz CT molecular complexity index is 1390. The number of benzene rings is 2. The number of esters is 1. The van der Waals surface area contributed by atoms with Crippen LogP contribution in [0.15, 0.2) is 65.6 Å². The summed E-state index contributed by atoms with van der Waals surface area (Å²) in [5.41, 5.74) is 1.14. The number of aliphatic hydroxyl groups is 1. The molecule has 10 nitrogen and oxygen atoms in total. The molecular weight excluding hydrogens is 526 g/mol. The summed E-state index contributed by atoms with van der Waals surface area (Å²) < 4.78 is 24.2. The summed E-state index contributed by atoms with van der Waals surface area (Å²) in [5.74, 6) is 0.401. The van der Waals surface area contributed by atoms with Gasteiger partial charge >= 0.3 is 5.97 Å². The molecule has 0 spiro atoms. The minimum Gasteiger partial charge on any atom is -0.485 e. The molecule has 3 heterocycles. The van der Waals surface area contributed by atoms with Gasteiger partial charge in [0.15, 0.2) is 6.10 Å². The van der Waals surface area contributed by atoms with E-state index in [1.807, 2.05) is 18.2 Å². The van der Waals surface area contributed by atoms with Gasteiger partial charge < -0.3 is 29.4 Å². The van der Waals surface area contributed by atoms with Gasteiger partial charge in [0.25, 0.3) is 5.56 Å². The molecule has 2 fully saturated rings. The average molecular weight is 564 g/mol. The summed E-state index contributed by atoms with van der Waals surface area (Å²) in [4.78, 5) is 30.9. The second-order valence-corrected chi connectivity index (χ2v) is 11.3. The Morgan fingerprint density at radius 1 is 1.07 bits per heavy atom. The molecule has 10 heteroatoms. The minimum absolute atomic E-state index is 0.229. The van der Waals surface area contributed by atoms with Crippen LogP contribution in [-0.4, -0.2) is 70.4 Å². The lowest BCUT2D eigenvalue weighted by atomic mass is 10.1. The molecular formula is C31H37N3O7. The third kappa shape index (κ3) is 7.13. The standard InChI is InChI=1S/C31H37N3O7/c1-31(2,3)41-26(36)17-34-29(33-16-23(30(34)37)32-15-7-10-20-8-5-4-6-9-20)21-11-13-22(14-12-21)40-25-19-39-27-24(35)18-38-28(25)27/h4-6,8-9,11-14,16,24-25,27-28,32,35H,7,10,15,17-19H2,1-3H3/t24-,25-,27-,28-/m1/s1. The third-order valence-corrected chi connectivity index (χ3v) is 6.94. The predicted molar refractivity (Wildman–Crippen MR) is 153 cm³/mol. The highest BCUT2D eigenvalue weighted by Gasteiger charge is 2.48. The zero-order chi connectivity index (χ0) is 29.0. The summed E-state index contributed by atoms with van der Waals surface area (Å²) >= 11 is 0. The SMILES string of the molecule is CC(C)(C)OC(=O)Cn1c(-c2ccc(O[C@@H]3CO[C@H]4[C@@H]3OC[C@H]4O)cc2)ncc(NCCCc2ccccc2)c1=O. The van der Waals surface area contributed by atoms with Crippen LogP contribution >= 0.6 is 0 Å². The first-order chi connectivity index (χ1) is 19.7. The Labute approximate surface area is 239 Å². The van der Waals surface area contributed by atoms with E-state index < -0.39 is 17.7 Å². The number of hydrogen-bond donors (Lipinski definition) is 2. The average Bonchev–Trinajstić information content (AvgIpc) is 3.51. The number of aliphatic hydroxyl groups excluding tert-OH is 1. The van der Waals surface area contributed by atoms with E-state index in [2.05, 4.69) is 22.4 Å². The van der Waals surface area contributed by atoms with E-state index >= 15 is 0 Å². The summed E-state index contributed by atoms with van der Waals surface area (Å²) in [6.07, 6.45) is 1.53. The van der Waals surface area contributed by atoms with Crippen LogP contribution in [0.3, 0.4) is 0 Å². The molecule has 2 saturated heterocycles. The number of nitrogens with zero attached hydrogens (tertiary/aromatic N) is 2. The van der Waals surface area contributed by atoms with Gasteiger partial charge in [0.2, 0.25) is 0 Å². The van der Waals surface area contributed by atoms with Crippen molar-refractivity contribution in [3.05, 3.63) is 76.7 Å². The van der Waals surface area contributed by atoms with E-state index in [0.717, 1.165) is 12.8 Å². The molecule has 4 atom stereocenters. The van der Waals surface area contributed by atoms with Crippen LogP contribution in [0, 0.1) is 0 Å². The van der Waals surface area contributed by atoms with Crippen molar-refractivity contribution in [2.24, 2.45) is 0 Å². The number of aromatic nitrogens is 2. The van der Waals surface area contributed by atoms with Gasteiger partial charge in [-0.1, -0.05) is 30.3 Å². The monoisotopic (exact) mass is 563 g/mol. The number of nitrogens with one attached hydrogen (secondary N) is 1. The van der Waals surface area contributed by atoms with E-state index in [-0.39, 0.29) is 37.0 Å². The molecule has 2 aliphatic heterocycles. The fourth-order valence-electron chi connectivity index (χ4n) is 5.06. The maximum Gasteiger partial charge on any atom is 0.326 e. The number of fused-ring (bicyclic) bond motifs is 1. The number of carbonyl (C=O) groups excluding carboxylic acids is 1. The van der Waals surface area contributed by atoms with E-state index in [1.165, 1.54) is 16.3 Å². The zero-order valence-corrected chi connectivity index (χ0v) is 23.6. The van der Waals surface area contributed by atoms with Crippen molar-refractivity contribution in [3.63, 3.8) is 0 Å². The van der Waals surface area contributed by atoms with Gasteiger partial charge in [-0.05, 0) is 63.4 Å². The molecule has 0 unspecified atom stereocenters. The zero-order valence-electron chi connectivity index (χ0n) is 23.6. The van der Waals surface area contributed by atoms with E-state index in [9.17, 15) is 14.7 Å².